The molecule has 0 N–H and O–H groups in total. The molecular formula is C19H26O2. The third-order valence-electron chi connectivity index (χ3n) is 5.25. The average molecular weight is 286 g/mol. The zero-order valence-electron chi connectivity index (χ0n) is 12.9. The van der Waals surface area contributed by atoms with Gasteiger partial charge < -0.3 is 4.74 Å². The molecule has 0 heterocycles. The Morgan fingerprint density at radius 2 is 1.52 bits per heavy atom. The molecule has 0 unspecified atom stereocenters. The van der Waals surface area contributed by atoms with Crippen molar-refractivity contribution in [1.29, 1.82) is 0 Å². The lowest BCUT2D eigenvalue weighted by atomic mass is 9.69. The van der Waals surface area contributed by atoms with Crippen molar-refractivity contribution < 1.29 is 9.53 Å². The van der Waals surface area contributed by atoms with Gasteiger partial charge >= 0.3 is 5.97 Å². The Kier molecular flexibility index (Phi) is 4.62. The van der Waals surface area contributed by atoms with Crippen LogP contribution < -0.4 is 0 Å². The first kappa shape index (κ1) is 14.6. The maximum absolute atomic E-state index is 13.0. The van der Waals surface area contributed by atoms with Gasteiger partial charge in [-0.15, -0.1) is 0 Å². The summed E-state index contributed by atoms with van der Waals surface area (Å²) in [5.74, 6) is 0.0419. The summed E-state index contributed by atoms with van der Waals surface area (Å²) in [6.07, 6.45) is 11.4. The Morgan fingerprint density at radius 3 is 2.19 bits per heavy atom. The fourth-order valence-corrected chi connectivity index (χ4v) is 3.97. The average Bonchev–Trinajstić information content (AvgIpc) is 2.57. The highest BCUT2D eigenvalue weighted by Crippen LogP contribution is 2.41. The molecule has 1 aromatic carbocycles. The van der Waals surface area contributed by atoms with Gasteiger partial charge in [-0.05, 0) is 44.1 Å². The summed E-state index contributed by atoms with van der Waals surface area (Å²) in [7, 11) is 0. The smallest absolute Gasteiger partial charge is 0.316 e. The SMILES string of the molecule is O=C(OC1CCCCC1)C1(c2ccccc2)CCCCC1. The van der Waals surface area contributed by atoms with Gasteiger partial charge in [0.15, 0.2) is 0 Å². The summed E-state index contributed by atoms with van der Waals surface area (Å²) < 4.78 is 5.95. The molecule has 114 valence electrons. The number of carbonyl (C=O) groups excluding carboxylic acids is 1. The second-order valence-electron chi connectivity index (χ2n) is 6.67. The Labute approximate surface area is 127 Å². The lowest BCUT2D eigenvalue weighted by Crippen LogP contribution is -2.41. The van der Waals surface area contributed by atoms with Gasteiger partial charge in [-0.3, -0.25) is 4.79 Å². The topological polar surface area (TPSA) is 26.3 Å². The van der Waals surface area contributed by atoms with Crippen LogP contribution >= 0.6 is 0 Å². The van der Waals surface area contributed by atoms with Crippen LogP contribution in [0.15, 0.2) is 30.3 Å². The fourth-order valence-electron chi connectivity index (χ4n) is 3.97. The molecule has 0 atom stereocenters. The summed E-state index contributed by atoms with van der Waals surface area (Å²) in [6, 6.07) is 10.3. The van der Waals surface area contributed by atoms with Crippen molar-refractivity contribution in [2.75, 3.05) is 0 Å². The van der Waals surface area contributed by atoms with Gasteiger partial charge in [0.25, 0.3) is 0 Å². The van der Waals surface area contributed by atoms with E-state index in [2.05, 4.69) is 12.1 Å². The van der Waals surface area contributed by atoms with Crippen LogP contribution in [0.2, 0.25) is 0 Å². The molecule has 2 nitrogen and oxygen atoms in total. The first-order valence-electron chi connectivity index (χ1n) is 8.58. The minimum Gasteiger partial charge on any atom is -0.462 e. The second kappa shape index (κ2) is 6.64. The van der Waals surface area contributed by atoms with Gasteiger partial charge in [0.1, 0.15) is 6.10 Å². The molecule has 0 amide bonds. The predicted octanol–water partition coefficient (Wildman–Crippen LogP) is 4.76. The summed E-state index contributed by atoms with van der Waals surface area (Å²) in [5, 5.41) is 0. The van der Waals surface area contributed by atoms with Crippen LogP contribution in [-0.2, 0) is 14.9 Å². The van der Waals surface area contributed by atoms with Crippen molar-refractivity contribution >= 4 is 5.97 Å². The van der Waals surface area contributed by atoms with E-state index < -0.39 is 0 Å². The van der Waals surface area contributed by atoms with Crippen molar-refractivity contribution in [3.8, 4) is 0 Å². The maximum atomic E-state index is 13.0. The van der Waals surface area contributed by atoms with Crippen molar-refractivity contribution in [2.45, 2.75) is 75.7 Å². The van der Waals surface area contributed by atoms with E-state index in [-0.39, 0.29) is 17.5 Å². The molecule has 2 saturated carbocycles. The lowest BCUT2D eigenvalue weighted by Gasteiger charge is -2.37. The number of hydrogen-bond acceptors (Lipinski definition) is 2. The summed E-state index contributed by atoms with van der Waals surface area (Å²) in [5.41, 5.74) is 0.780. The predicted molar refractivity (Wildman–Crippen MR) is 84.2 cm³/mol. The van der Waals surface area contributed by atoms with Gasteiger partial charge in [0.2, 0.25) is 0 Å². The van der Waals surface area contributed by atoms with Crippen LogP contribution in [-0.4, -0.2) is 12.1 Å². The van der Waals surface area contributed by atoms with Crippen molar-refractivity contribution in [1.82, 2.24) is 0 Å². The van der Waals surface area contributed by atoms with E-state index in [1.54, 1.807) is 0 Å². The molecule has 0 bridgehead atoms. The highest BCUT2D eigenvalue weighted by Gasteiger charge is 2.43. The van der Waals surface area contributed by atoms with Crippen molar-refractivity contribution in [3.63, 3.8) is 0 Å². The maximum Gasteiger partial charge on any atom is 0.316 e. The number of rotatable bonds is 3. The number of ether oxygens (including phenoxy) is 1. The van der Waals surface area contributed by atoms with Crippen molar-refractivity contribution in [2.24, 2.45) is 0 Å². The monoisotopic (exact) mass is 286 g/mol. The van der Waals surface area contributed by atoms with Gasteiger partial charge in [0.05, 0.1) is 5.41 Å². The fraction of sp³-hybridized carbons (Fsp3) is 0.632. The minimum absolute atomic E-state index is 0.0419. The molecule has 21 heavy (non-hydrogen) atoms. The zero-order valence-corrected chi connectivity index (χ0v) is 12.9. The molecule has 1 aromatic rings. The first-order valence-corrected chi connectivity index (χ1v) is 8.58. The van der Waals surface area contributed by atoms with E-state index in [0.717, 1.165) is 44.1 Å². The Hall–Kier alpha value is -1.31. The molecule has 0 spiro atoms. The van der Waals surface area contributed by atoms with Gasteiger partial charge in [-0.25, -0.2) is 0 Å². The molecular weight excluding hydrogens is 260 g/mol. The molecule has 0 saturated heterocycles. The minimum atomic E-state index is -0.378. The number of esters is 1. The quantitative estimate of drug-likeness (QED) is 0.748. The number of hydrogen-bond donors (Lipinski definition) is 0. The summed E-state index contributed by atoms with van der Waals surface area (Å²) in [4.78, 5) is 13.0. The first-order chi connectivity index (χ1) is 10.3. The van der Waals surface area contributed by atoms with E-state index in [0.29, 0.717) is 0 Å². The lowest BCUT2D eigenvalue weighted by molar-refractivity contribution is -0.159. The molecule has 2 aliphatic carbocycles. The largest absolute Gasteiger partial charge is 0.462 e. The zero-order chi connectivity index (χ0) is 14.5. The molecule has 0 radical (unpaired) electrons. The van der Waals surface area contributed by atoms with E-state index in [9.17, 15) is 4.79 Å². The highest BCUT2D eigenvalue weighted by molar-refractivity contribution is 5.83. The van der Waals surface area contributed by atoms with E-state index >= 15 is 0 Å². The standard InChI is InChI=1S/C19H26O2/c20-18(21-17-12-6-2-7-13-17)19(14-8-3-9-15-19)16-10-4-1-5-11-16/h1,4-5,10-11,17H,2-3,6-9,12-15H2. The van der Waals surface area contributed by atoms with Crippen LogP contribution in [0.3, 0.4) is 0 Å². The normalized spacial score (nSPS) is 22.7. The van der Waals surface area contributed by atoms with Crippen molar-refractivity contribution in [3.05, 3.63) is 35.9 Å². The van der Waals surface area contributed by atoms with Crippen LogP contribution in [0, 0.1) is 0 Å². The van der Waals surface area contributed by atoms with Gasteiger partial charge in [-0.2, -0.15) is 0 Å². The van der Waals surface area contributed by atoms with Gasteiger partial charge in [-0.1, -0.05) is 56.0 Å². The van der Waals surface area contributed by atoms with Crippen LogP contribution in [0.1, 0.15) is 69.8 Å². The van der Waals surface area contributed by atoms with Crippen LogP contribution in [0.4, 0.5) is 0 Å². The number of carbonyl (C=O) groups is 1. The Balaban J connectivity index is 1.79. The molecule has 2 aliphatic rings. The summed E-state index contributed by atoms with van der Waals surface area (Å²) in [6.45, 7) is 0. The molecule has 2 fully saturated rings. The Morgan fingerprint density at radius 1 is 0.905 bits per heavy atom. The molecule has 0 aliphatic heterocycles. The van der Waals surface area contributed by atoms with E-state index in [1.807, 2.05) is 18.2 Å². The van der Waals surface area contributed by atoms with E-state index in [4.69, 9.17) is 4.74 Å². The summed E-state index contributed by atoms with van der Waals surface area (Å²) >= 11 is 0. The third-order valence-corrected chi connectivity index (χ3v) is 5.25. The van der Waals surface area contributed by atoms with Crippen LogP contribution in [0.5, 0.6) is 0 Å². The second-order valence-corrected chi connectivity index (χ2v) is 6.67. The number of benzene rings is 1. The van der Waals surface area contributed by atoms with Crippen LogP contribution in [0.25, 0.3) is 0 Å². The van der Waals surface area contributed by atoms with E-state index in [1.165, 1.54) is 25.7 Å². The molecule has 2 heteroatoms. The molecule has 0 aromatic heterocycles. The third kappa shape index (κ3) is 3.14. The van der Waals surface area contributed by atoms with Gasteiger partial charge in [0, 0.05) is 0 Å². The highest BCUT2D eigenvalue weighted by atomic mass is 16.5. The Bertz CT molecular complexity index is 454. The molecule has 3 rings (SSSR count).